The van der Waals surface area contributed by atoms with Gasteiger partial charge >= 0.3 is 0 Å². The lowest BCUT2D eigenvalue weighted by atomic mass is 10.2. The Morgan fingerprint density at radius 1 is 1.29 bits per heavy atom. The number of carbonyl (C=O) groups is 1. The van der Waals surface area contributed by atoms with Crippen LogP contribution in [0.15, 0.2) is 41.8 Å². The number of amides is 1. The van der Waals surface area contributed by atoms with Gasteiger partial charge in [0.05, 0.1) is 17.4 Å². The van der Waals surface area contributed by atoms with Crippen molar-refractivity contribution in [3.63, 3.8) is 0 Å². The van der Waals surface area contributed by atoms with Crippen LogP contribution in [0.2, 0.25) is 0 Å². The number of benzene rings is 1. The van der Waals surface area contributed by atoms with Gasteiger partial charge in [-0.15, -0.1) is 11.3 Å². The lowest BCUT2D eigenvalue weighted by Gasteiger charge is -2.12. The number of hydrogen-bond donors (Lipinski definition) is 1. The first-order chi connectivity index (χ1) is 11.5. The molecular formula is C18H20N4OS. The van der Waals surface area contributed by atoms with E-state index in [2.05, 4.69) is 15.4 Å². The molecule has 24 heavy (non-hydrogen) atoms. The van der Waals surface area contributed by atoms with E-state index < -0.39 is 0 Å². The van der Waals surface area contributed by atoms with Gasteiger partial charge in [0.1, 0.15) is 11.6 Å². The van der Waals surface area contributed by atoms with Crippen LogP contribution in [-0.2, 0) is 11.3 Å². The highest BCUT2D eigenvalue weighted by atomic mass is 32.1. The van der Waals surface area contributed by atoms with Crippen LogP contribution < -0.4 is 5.32 Å². The van der Waals surface area contributed by atoms with Crippen molar-refractivity contribution >= 4 is 17.2 Å². The number of aryl methyl sites for hydroxylation is 2. The summed E-state index contributed by atoms with van der Waals surface area (Å²) in [5, 5.41) is 10.2. The topological polar surface area (TPSA) is 59.8 Å². The second kappa shape index (κ2) is 6.97. The number of thiazole rings is 1. The van der Waals surface area contributed by atoms with Crippen LogP contribution >= 0.6 is 11.3 Å². The second-order valence-corrected chi connectivity index (χ2v) is 6.70. The smallest absolute Gasteiger partial charge is 0.242 e. The minimum atomic E-state index is -0.128. The zero-order valence-corrected chi connectivity index (χ0v) is 14.8. The molecule has 2 aromatic heterocycles. The summed E-state index contributed by atoms with van der Waals surface area (Å²) >= 11 is 1.56. The van der Waals surface area contributed by atoms with E-state index in [1.807, 2.05) is 62.5 Å². The van der Waals surface area contributed by atoms with Crippen molar-refractivity contribution in [1.82, 2.24) is 20.1 Å². The Bertz CT molecular complexity index is 838. The third-order valence-corrected chi connectivity index (χ3v) is 4.76. The largest absolute Gasteiger partial charge is 0.346 e. The zero-order chi connectivity index (χ0) is 17.1. The minimum Gasteiger partial charge on any atom is -0.346 e. The molecule has 0 unspecified atom stereocenters. The monoisotopic (exact) mass is 340 g/mol. The third-order valence-electron chi connectivity index (χ3n) is 3.74. The first-order valence-electron chi connectivity index (χ1n) is 7.84. The predicted molar refractivity (Wildman–Crippen MR) is 95.8 cm³/mol. The molecule has 0 aliphatic rings. The molecule has 1 N–H and O–H groups in total. The number of aromatic nitrogens is 3. The Morgan fingerprint density at radius 3 is 2.71 bits per heavy atom. The molecule has 1 atom stereocenters. The molecule has 5 nitrogen and oxygen atoms in total. The van der Waals surface area contributed by atoms with Crippen LogP contribution in [0.3, 0.4) is 0 Å². The van der Waals surface area contributed by atoms with Crippen molar-refractivity contribution in [1.29, 1.82) is 0 Å². The van der Waals surface area contributed by atoms with E-state index in [-0.39, 0.29) is 18.5 Å². The van der Waals surface area contributed by atoms with Crippen molar-refractivity contribution in [2.45, 2.75) is 33.4 Å². The van der Waals surface area contributed by atoms with Gasteiger partial charge in [0.15, 0.2) is 0 Å². The van der Waals surface area contributed by atoms with Gasteiger partial charge in [0.25, 0.3) is 0 Å². The fourth-order valence-corrected chi connectivity index (χ4v) is 3.38. The van der Waals surface area contributed by atoms with E-state index in [0.717, 1.165) is 27.7 Å². The summed E-state index contributed by atoms with van der Waals surface area (Å²) in [6.45, 7) is 6.04. The van der Waals surface area contributed by atoms with E-state index in [4.69, 9.17) is 0 Å². The third kappa shape index (κ3) is 3.71. The molecule has 0 radical (unpaired) electrons. The first kappa shape index (κ1) is 16.4. The average molecular weight is 340 g/mol. The second-order valence-electron chi connectivity index (χ2n) is 5.81. The van der Waals surface area contributed by atoms with E-state index in [1.54, 1.807) is 16.0 Å². The van der Waals surface area contributed by atoms with Crippen LogP contribution in [0.4, 0.5) is 0 Å². The molecule has 0 aliphatic heterocycles. The molecule has 0 bridgehead atoms. The van der Waals surface area contributed by atoms with Crippen LogP contribution in [0.1, 0.15) is 29.4 Å². The maximum Gasteiger partial charge on any atom is 0.242 e. The summed E-state index contributed by atoms with van der Waals surface area (Å²) in [5.41, 5.74) is 3.92. The van der Waals surface area contributed by atoms with Crippen molar-refractivity contribution in [2.75, 3.05) is 0 Å². The van der Waals surface area contributed by atoms with Gasteiger partial charge in [0, 0.05) is 16.6 Å². The molecule has 0 saturated carbocycles. The Kier molecular flexibility index (Phi) is 4.76. The molecule has 6 heteroatoms. The van der Waals surface area contributed by atoms with Crippen LogP contribution in [0, 0.1) is 13.8 Å². The molecule has 0 fully saturated rings. The summed E-state index contributed by atoms with van der Waals surface area (Å²) in [6, 6.07) is 11.9. The summed E-state index contributed by atoms with van der Waals surface area (Å²) in [5.74, 6) is -0.0647. The molecule has 124 valence electrons. The number of hydrogen-bond acceptors (Lipinski definition) is 4. The Labute approximate surface area is 145 Å². The van der Waals surface area contributed by atoms with Crippen molar-refractivity contribution in [3.05, 3.63) is 58.2 Å². The fraction of sp³-hybridized carbons (Fsp3) is 0.278. The first-order valence-corrected chi connectivity index (χ1v) is 8.72. The SMILES string of the molecule is Cc1cc(C)n(CC(=O)N[C@@H](C)c2nc(-c3ccccc3)cs2)n1. The molecule has 3 aromatic rings. The fourth-order valence-electron chi connectivity index (χ4n) is 2.55. The summed E-state index contributed by atoms with van der Waals surface area (Å²) in [7, 11) is 0. The lowest BCUT2D eigenvalue weighted by molar-refractivity contribution is -0.122. The summed E-state index contributed by atoms with van der Waals surface area (Å²) < 4.78 is 1.72. The van der Waals surface area contributed by atoms with E-state index >= 15 is 0 Å². The highest BCUT2D eigenvalue weighted by Gasteiger charge is 2.15. The number of rotatable bonds is 5. The maximum atomic E-state index is 12.2. The van der Waals surface area contributed by atoms with E-state index in [0.29, 0.717) is 0 Å². The van der Waals surface area contributed by atoms with Gasteiger partial charge in [-0.2, -0.15) is 5.10 Å². The molecule has 1 aromatic carbocycles. The van der Waals surface area contributed by atoms with Gasteiger partial charge in [-0.1, -0.05) is 30.3 Å². The van der Waals surface area contributed by atoms with Gasteiger partial charge in [-0.05, 0) is 26.8 Å². The van der Waals surface area contributed by atoms with Gasteiger partial charge in [-0.25, -0.2) is 4.98 Å². The highest BCUT2D eigenvalue weighted by Crippen LogP contribution is 2.25. The number of nitrogens with zero attached hydrogens (tertiary/aromatic N) is 3. The summed E-state index contributed by atoms with van der Waals surface area (Å²) in [6.07, 6.45) is 0. The van der Waals surface area contributed by atoms with E-state index in [9.17, 15) is 4.79 Å². The van der Waals surface area contributed by atoms with Crippen LogP contribution in [0.5, 0.6) is 0 Å². The van der Waals surface area contributed by atoms with Gasteiger partial charge in [-0.3, -0.25) is 9.48 Å². The Balaban J connectivity index is 1.64. The number of nitrogens with one attached hydrogen (secondary N) is 1. The van der Waals surface area contributed by atoms with Crippen LogP contribution in [0.25, 0.3) is 11.3 Å². The van der Waals surface area contributed by atoms with Gasteiger partial charge < -0.3 is 5.32 Å². The Hall–Kier alpha value is -2.47. The average Bonchev–Trinajstić information content (AvgIpc) is 3.15. The zero-order valence-electron chi connectivity index (χ0n) is 14.0. The highest BCUT2D eigenvalue weighted by molar-refractivity contribution is 7.10. The standard InChI is InChI=1S/C18H20N4OS/c1-12-9-13(2)22(21-12)10-17(23)19-14(3)18-20-16(11-24-18)15-7-5-4-6-8-15/h4-9,11,14H,10H2,1-3H3,(H,19,23)/t14-/m0/s1. The minimum absolute atomic E-state index is 0.0647. The molecule has 0 aliphatic carbocycles. The quantitative estimate of drug-likeness (QED) is 0.773. The normalized spacial score (nSPS) is 12.1. The predicted octanol–water partition coefficient (Wildman–Crippen LogP) is 3.50. The maximum absolute atomic E-state index is 12.2. The van der Waals surface area contributed by atoms with Gasteiger partial charge in [0.2, 0.25) is 5.91 Å². The molecule has 1 amide bonds. The molecular weight excluding hydrogens is 320 g/mol. The number of carbonyl (C=O) groups excluding carboxylic acids is 1. The summed E-state index contributed by atoms with van der Waals surface area (Å²) in [4.78, 5) is 16.9. The van der Waals surface area contributed by atoms with Crippen molar-refractivity contribution < 1.29 is 4.79 Å². The molecule has 2 heterocycles. The van der Waals surface area contributed by atoms with Crippen molar-refractivity contribution in [2.24, 2.45) is 0 Å². The molecule has 3 rings (SSSR count). The van der Waals surface area contributed by atoms with Crippen LogP contribution in [-0.4, -0.2) is 20.7 Å². The van der Waals surface area contributed by atoms with Crippen molar-refractivity contribution in [3.8, 4) is 11.3 Å². The molecule has 0 saturated heterocycles. The lowest BCUT2D eigenvalue weighted by Crippen LogP contribution is -2.30. The molecule has 0 spiro atoms. The Morgan fingerprint density at radius 2 is 2.04 bits per heavy atom. The van der Waals surface area contributed by atoms with E-state index in [1.165, 1.54) is 0 Å².